The normalized spacial score (nSPS) is 24.3. The van der Waals surface area contributed by atoms with Crippen molar-refractivity contribution >= 4 is 11.0 Å². The molecule has 2 aliphatic rings. The van der Waals surface area contributed by atoms with E-state index >= 15 is 0 Å². The lowest BCUT2D eigenvalue weighted by atomic mass is 9.89. The van der Waals surface area contributed by atoms with E-state index in [1.54, 1.807) is 6.26 Å². The zero-order valence-corrected chi connectivity index (χ0v) is 14.7. The second kappa shape index (κ2) is 6.21. The molecular formula is C20H23N3O3. The minimum absolute atomic E-state index is 0.425. The fraction of sp³-hybridized carbons (Fsp3) is 0.500. The molecule has 1 atom stereocenters. The lowest BCUT2D eigenvalue weighted by molar-refractivity contribution is -0.0373. The number of likely N-dealkylation sites (tertiary alicyclic amines) is 1. The summed E-state index contributed by atoms with van der Waals surface area (Å²) in [6.45, 7) is 2.34. The molecule has 0 radical (unpaired) electrons. The molecule has 1 unspecified atom stereocenters. The topological polar surface area (TPSA) is 75.5 Å². The lowest BCUT2D eigenvalue weighted by Gasteiger charge is -2.38. The Hall–Kier alpha value is -2.18. The van der Waals surface area contributed by atoms with Gasteiger partial charge in [-0.25, -0.2) is 0 Å². The summed E-state index contributed by atoms with van der Waals surface area (Å²) in [6, 6.07) is 8.20. The minimum Gasteiger partial charge on any atom is -0.464 e. The van der Waals surface area contributed by atoms with Gasteiger partial charge in [-0.1, -0.05) is 23.4 Å². The molecule has 5 rings (SSSR count). The quantitative estimate of drug-likeness (QED) is 0.759. The first-order valence-electron chi connectivity index (χ1n) is 9.41. The zero-order chi connectivity index (χ0) is 17.6. The minimum atomic E-state index is -0.817. The van der Waals surface area contributed by atoms with Gasteiger partial charge in [-0.15, -0.1) is 0 Å². The molecule has 136 valence electrons. The summed E-state index contributed by atoms with van der Waals surface area (Å²) in [5.74, 6) is 1.84. The van der Waals surface area contributed by atoms with Crippen LogP contribution in [-0.2, 0) is 13.0 Å². The Labute approximate surface area is 151 Å². The van der Waals surface area contributed by atoms with Crippen LogP contribution in [0.25, 0.3) is 11.0 Å². The van der Waals surface area contributed by atoms with Crippen molar-refractivity contribution in [2.24, 2.45) is 0 Å². The first-order chi connectivity index (χ1) is 12.7. The third-order valence-corrected chi connectivity index (χ3v) is 5.50. The van der Waals surface area contributed by atoms with Crippen molar-refractivity contribution < 1.29 is 14.0 Å². The van der Waals surface area contributed by atoms with Crippen LogP contribution in [0.15, 0.2) is 39.5 Å². The standard InChI is InChI=1S/C20H23N3O3/c24-20(11-17-21-19(22-26-17)15-5-6-15)8-2-9-23(13-20)12-16-4-1-3-14-7-10-25-18(14)16/h1,3-4,7,10,15,24H,2,5-6,8-9,11-13H2. The van der Waals surface area contributed by atoms with Gasteiger partial charge in [-0.2, -0.15) is 4.98 Å². The number of piperidine rings is 1. The molecule has 26 heavy (non-hydrogen) atoms. The molecule has 1 aliphatic carbocycles. The fourth-order valence-electron chi connectivity index (χ4n) is 4.03. The van der Waals surface area contributed by atoms with Gasteiger partial charge >= 0.3 is 0 Å². The van der Waals surface area contributed by atoms with Gasteiger partial charge in [0.2, 0.25) is 5.89 Å². The largest absolute Gasteiger partial charge is 0.464 e. The van der Waals surface area contributed by atoms with Crippen LogP contribution in [-0.4, -0.2) is 38.8 Å². The van der Waals surface area contributed by atoms with E-state index in [0.29, 0.717) is 24.8 Å². The molecule has 1 aliphatic heterocycles. The van der Waals surface area contributed by atoms with Gasteiger partial charge in [0, 0.05) is 30.0 Å². The number of aliphatic hydroxyl groups is 1. The number of hydrogen-bond acceptors (Lipinski definition) is 6. The molecule has 0 amide bonds. The number of rotatable bonds is 5. The number of furan rings is 1. The molecule has 3 heterocycles. The summed E-state index contributed by atoms with van der Waals surface area (Å²) in [4.78, 5) is 6.77. The maximum atomic E-state index is 11.1. The predicted molar refractivity (Wildman–Crippen MR) is 95.7 cm³/mol. The van der Waals surface area contributed by atoms with Crippen molar-refractivity contribution in [3.63, 3.8) is 0 Å². The molecule has 6 heteroatoms. The van der Waals surface area contributed by atoms with Gasteiger partial charge in [0.1, 0.15) is 5.58 Å². The monoisotopic (exact) mass is 353 g/mol. The van der Waals surface area contributed by atoms with Crippen molar-refractivity contribution in [3.05, 3.63) is 47.8 Å². The Bertz CT molecular complexity index is 914. The Morgan fingerprint density at radius 1 is 1.27 bits per heavy atom. The van der Waals surface area contributed by atoms with Gasteiger partial charge in [0.15, 0.2) is 5.82 Å². The average Bonchev–Trinajstić information content (AvgIpc) is 3.17. The van der Waals surface area contributed by atoms with E-state index in [1.165, 1.54) is 0 Å². The highest BCUT2D eigenvalue weighted by Gasteiger charge is 2.36. The van der Waals surface area contributed by atoms with Crippen molar-refractivity contribution in [1.82, 2.24) is 15.0 Å². The smallest absolute Gasteiger partial charge is 0.229 e. The van der Waals surface area contributed by atoms with Gasteiger partial charge < -0.3 is 14.0 Å². The van der Waals surface area contributed by atoms with E-state index in [1.807, 2.05) is 6.07 Å². The van der Waals surface area contributed by atoms with Crippen LogP contribution >= 0.6 is 0 Å². The summed E-state index contributed by atoms with van der Waals surface area (Å²) in [5, 5.41) is 16.3. The fourth-order valence-corrected chi connectivity index (χ4v) is 4.03. The summed E-state index contributed by atoms with van der Waals surface area (Å²) in [5.41, 5.74) is 1.28. The number of β-amino-alcohol motifs (C(OH)–C–C–N with tert-alkyl or cyclic N) is 1. The Morgan fingerprint density at radius 2 is 2.19 bits per heavy atom. The van der Waals surface area contributed by atoms with Crippen LogP contribution in [0.2, 0.25) is 0 Å². The van der Waals surface area contributed by atoms with Crippen LogP contribution in [0.3, 0.4) is 0 Å². The summed E-state index contributed by atoms with van der Waals surface area (Å²) < 4.78 is 11.0. The van der Waals surface area contributed by atoms with Gasteiger partial charge in [0.05, 0.1) is 18.3 Å². The molecule has 2 fully saturated rings. The van der Waals surface area contributed by atoms with Crippen LogP contribution in [0.5, 0.6) is 0 Å². The SMILES string of the molecule is OC1(Cc2nc(C3CC3)no2)CCCN(Cc2cccc3ccoc23)C1. The van der Waals surface area contributed by atoms with Crippen LogP contribution in [0, 0.1) is 0 Å². The average molecular weight is 353 g/mol. The van der Waals surface area contributed by atoms with Crippen molar-refractivity contribution in [1.29, 1.82) is 0 Å². The second-order valence-electron chi connectivity index (χ2n) is 7.79. The van der Waals surface area contributed by atoms with Crippen molar-refractivity contribution in [3.8, 4) is 0 Å². The summed E-state index contributed by atoms with van der Waals surface area (Å²) in [6.07, 6.45) is 6.16. The first-order valence-corrected chi connectivity index (χ1v) is 9.41. The number of aromatic nitrogens is 2. The van der Waals surface area contributed by atoms with Crippen LogP contribution in [0.4, 0.5) is 0 Å². The highest BCUT2D eigenvalue weighted by molar-refractivity contribution is 5.80. The highest BCUT2D eigenvalue weighted by Crippen LogP contribution is 2.38. The van der Waals surface area contributed by atoms with E-state index in [4.69, 9.17) is 8.94 Å². The molecule has 1 aromatic carbocycles. The van der Waals surface area contributed by atoms with Crippen LogP contribution in [0.1, 0.15) is 48.9 Å². The molecule has 0 spiro atoms. The van der Waals surface area contributed by atoms with Gasteiger partial charge in [-0.05, 0) is 38.3 Å². The maximum absolute atomic E-state index is 11.1. The molecule has 2 aromatic heterocycles. The van der Waals surface area contributed by atoms with E-state index < -0.39 is 5.60 Å². The van der Waals surface area contributed by atoms with Gasteiger partial charge in [0.25, 0.3) is 0 Å². The second-order valence-corrected chi connectivity index (χ2v) is 7.79. The molecule has 3 aromatic rings. The van der Waals surface area contributed by atoms with Crippen LogP contribution < -0.4 is 0 Å². The number of fused-ring (bicyclic) bond motifs is 1. The Balaban J connectivity index is 1.29. The molecule has 6 nitrogen and oxygen atoms in total. The number of benzene rings is 1. The predicted octanol–water partition coefficient (Wildman–Crippen LogP) is 3.26. The molecule has 1 saturated carbocycles. The van der Waals surface area contributed by atoms with Gasteiger partial charge in [-0.3, -0.25) is 4.90 Å². The highest BCUT2D eigenvalue weighted by atomic mass is 16.5. The van der Waals surface area contributed by atoms with Crippen molar-refractivity contribution in [2.45, 2.75) is 50.2 Å². The first kappa shape index (κ1) is 16.0. The van der Waals surface area contributed by atoms with Crippen molar-refractivity contribution in [2.75, 3.05) is 13.1 Å². The lowest BCUT2D eigenvalue weighted by Crippen LogP contribution is -2.49. The molecular weight excluding hydrogens is 330 g/mol. The van der Waals surface area contributed by atoms with E-state index in [0.717, 1.165) is 61.1 Å². The summed E-state index contributed by atoms with van der Waals surface area (Å²) >= 11 is 0. The number of para-hydroxylation sites is 1. The van der Waals surface area contributed by atoms with E-state index in [9.17, 15) is 5.11 Å². The number of hydrogen-bond donors (Lipinski definition) is 1. The third kappa shape index (κ3) is 3.15. The Kier molecular flexibility index (Phi) is 3.83. The Morgan fingerprint density at radius 3 is 3.08 bits per heavy atom. The van der Waals surface area contributed by atoms with E-state index in [2.05, 4.69) is 33.2 Å². The molecule has 1 N–H and O–H groups in total. The number of nitrogens with zero attached hydrogens (tertiary/aromatic N) is 3. The zero-order valence-electron chi connectivity index (χ0n) is 14.7. The molecule has 1 saturated heterocycles. The van der Waals surface area contributed by atoms with E-state index in [-0.39, 0.29) is 0 Å². The molecule has 0 bridgehead atoms. The third-order valence-electron chi connectivity index (χ3n) is 5.50. The summed E-state index contributed by atoms with van der Waals surface area (Å²) in [7, 11) is 0. The maximum Gasteiger partial charge on any atom is 0.229 e.